The van der Waals surface area contributed by atoms with Gasteiger partial charge in [-0.3, -0.25) is 0 Å². The average molecular weight is 250 g/mol. The van der Waals surface area contributed by atoms with E-state index in [0.29, 0.717) is 6.04 Å². The minimum Gasteiger partial charge on any atom is -0.328 e. The Labute approximate surface area is 112 Å². The first-order valence-electron chi connectivity index (χ1n) is 8.33. The molecule has 0 spiro atoms. The van der Waals surface area contributed by atoms with Gasteiger partial charge < -0.3 is 11.1 Å². The highest BCUT2D eigenvalue weighted by atomic mass is 15.0. The van der Waals surface area contributed by atoms with Crippen LogP contribution in [0.2, 0.25) is 0 Å². The van der Waals surface area contributed by atoms with E-state index in [1.807, 2.05) is 0 Å². The van der Waals surface area contributed by atoms with Crippen molar-refractivity contribution < 1.29 is 0 Å². The van der Waals surface area contributed by atoms with E-state index in [-0.39, 0.29) is 0 Å². The van der Waals surface area contributed by atoms with E-state index >= 15 is 0 Å². The number of nitrogens with one attached hydrogen (secondary N) is 1. The van der Waals surface area contributed by atoms with Crippen molar-refractivity contribution in [1.29, 1.82) is 0 Å². The van der Waals surface area contributed by atoms with Crippen LogP contribution in [0, 0.1) is 11.8 Å². The van der Waals surface area contributed by atoms with Crippen molar-refractivity contribution >= 4 is 0 Å². The summed E-state index contributed by atoms with van der Waals surface area (Å²) in [4.78, 5) is 0. The Morgan fingerprint density at radius 1 is 0.667 bits per heavy atom. The van der Waals surface area contributed by atoms with Gasteiger partial charge in [-0.2, -0.15) is 0 Å². The zero-order valence-corrected chi connectivity index (χ0v) is 11.7. The van der Waals surface area contributed by atoms with E-state index in [1.165, 1.54) is 70.6 Å². The first-order chi connectivity index (χ1) is 8.81. The van der Waals surface area contributed by atoms with Gasteiger partial charge in [-0.25, -0.2) is 0 Å². The molecule has 3 saturated carbocycles. The minimum atomic E-state index is 0.483. The van der Waals surface area contributed by atoms with E-state index in [1.54, 1.807) is 0 Å². The van der Waals surface area contributed by atoms with Gasteiger partial charge in [0.25, 0.3) is 0 Å². The van der Waals surface area contributed by atoms with Crippen LogP contribution in [0.1, 0.15) is 70.6 Å². The lowest BCUT2D eigenvalue weighted by molar-refractivity contribution is 0.134. The van der Waals surface area contributed by atoms with Gasteiger partial charge in [-0.1, -0.05) is 25.7 Å². The SMILES string of the molecule is NC1CCC(NC2CCC3CCCCC3C2)CC1. The Morgan fingerprint density at radius 3 is 2.11 bits per heavy atom. The van der Waals surface area contributed by atoms with Gasteiger partial charge in [0.05, 0.1) is 0 Å². The Bertz CT molecular complexity index is 258. The van der Waals surface area contributed by atoms with E-state index in [2.05, 4.69) is 5.32 Å². The van der Waals surface area contributed by atoms with Gasteiger partial charge in [0.15, 0.2) is 0 Å². The standard InChI is InChI=1S/C16H30N2/c17-14-6-9-15(10-7-14)18-16-8-5-12-3-1-2-4-13(12)11-16/h12-16,18H,1-11,17H2. The van der Waals surface area contributed by atoms with Crippen LogP contribution in [0.25, 0.3) is 0 Å². The fraction of sp³-hybridized carbons (Fsp3) is 1.00. The molecule has 0 radical (unpaired) electrons. The van der Waals surface area contributed by atoms with Crippen LogP contribution in [0.4, 0.5) is 0 Å². The summed E-state index contributed by atoms with van der Waals surface area (Å²) in [5.41, 5.74) is 5.99. The second-order valence-electron chi connectivity index (χ2n) is 7.09. The zero-order valence-electron chi connectivity index (χ0n) is 11.7. The van der Waals surface area contributed by atoms with E-state index in [0.717, 1.165) is 23.9 Å². The molecule has 2 nitrogen and oxygen atoms in total. The van der Waals surface area contributed by atoms with Gasteiger partial charge in [0, 0.05) is 18.1 Å². The minimum absolute atomic E-state index is 0.483. The second kappa shape index (κ2) is 5.92. The molecular weight excluding hydrogens is 220 g/mol. The smallest absolute Gasteiger partial charge is 0.00724 e. The number of fused-ring (bicyclic) bond motifs is 1. The van der Waals surface area contributed by atoms with Crippen molar-refractivity contribution in [3.63, 3.8) is 0 Å². The monoisotopic (exact) mass is 250 g/mol. The van der Waals surface area contributed by atoms with Gasteiger partial charge in [-0.05, 0) is 56.8 Å². The summed E-state index contributed by atoms with van der Waals surface area (Å²) in [5, 5.41) is 3.96. The highest BCUT2D eigenvalue weighted by Gasteiger charge is 2.33. The summed E-state index contributed by atoms with van der Waals surface area (Å²) < 4.78 is 0. The molecule has 18 heavy (non-hydrogen) atoms. The van der Waals surface area contributed by atoms with Crippen LogP contribution in [0.15, 0.2) is 0 Å². The van der Waals surface area contributed by atoms with Gasteiger partial charge in [0.1, 0.15) is 0 Å². The molecule has 3 rings (SSSR count). The number of hydrogen-bond acceptors (Lipinski definition) is 2. The van der Waals surface area contributed by atoms with E-state index in [4.69, 9.17) is 5.73 Å². The van der Waals surface area contributed by atoms with Crippen molar-refractivity contribution in [2.24, 2.45) is 17.6 Å². The Hall–Kier alpha value is -0.0800. The Morgan fingerprint density at radius 2 is 1.33 bits per heavy atom. The maximum atomic E-state index is 5.99. The Balaban J connectivity index is 1.46. The van der Waals surface area contributed by atoms with Crippen LogP contribution in [-0.4, -0.2) is 18.1 Å². The maximum Gasteiger partial charge on any atom is 0.00724 e. The molecule has 0 heterocycles. The van der Waals surface area contributed by atoms with Crippen molar-refractivity contribution in [2.45, 2.75) is 88.8 Å². The van der Waals surface area contributed by atoms with Crippen LogP contribution in [0.5, 0.6) is 0 Å². The highest BCUT2D eigenvalue weighted by molar-refractivity contribution is 4.89. The summed E-state index contributed by atoms with van der Waals surface area (Å²) in [6.07, 6.45) is 15.5. The fourth-order valence-electron chi connectivity index (χ4n) is 4.64. The van der Waals surface area contributed by atoms with Crippen LogP contribution in [0.3, 0.4) is 0 Å². The third-order valence-electron chi connectivity index (χ3n) is 5.78. The third kappa shape index (κ3) is 3.08. The number of hydrogen-bond donors (Lipinski definition) is 2. The quantitative estimate of drug-likeness (QED) is 0.790. The molecule has 0 aromatic heterocycles. The normalized spacial score (nSPS) is 45.5. The first kappa shape index (κ1) is 12.9. The summed E-state index contributed by atoms with van der Waals surface area (Å²) in [7, 11) is 0. The summed E-state index contributed by atoms with van der Waals surface area (Å²) in [5.74, 6) is 2.13. The number of nitrogens with two attached hydrogens (primary N) is 1. The van der Waals surface area contributed by atoms with Crippen LogP contribution >= 0.6 is 0 Å². The van der Waals surface area contributed by atoms with Gasteiger partial charge in [-0.15, -0.1) is 0 Å². The van der Waals surface area contributed by atoms with Crippen LogP contribution < -0.4 is 11.1 Å². The van der Waals surface area contributed by atoms with Gasteiger partial charge >= 0.3 is 0 Å². The molecule has 0 aromatic rings. The van der Waals surface area contributed by atoms with Crippen LogP contribution in [-0.2, 0) is 0 Å². The summed E-state index contributed by atoms with van der Waals surface area (Å²) in [6, 6.07) is 2.08. The molecule has 0 bridgehead atoms. The molecule has 3 fully saturated rings. The average Bonchev–Trinajstić information content (AvgIpc) is 2.41. The molecule has 3 N–H and O–H groups in total. The summed E-state index contributed by atoms with van der Waals surface area (Å²) in [6.45, 7) is 0. The topological polar surface area (TPSA) is 38.0 Å². The molecular formula is C16H30N2. The number of rotatable bonds is 2. The second-order valence-corrected chi connectivity index (χ2v) is 7.09. The zero-order chi connectivity index (χ0) is 12.4. The molecule has 2 heteroatoms. The molecule has 0 saturated heterocycles. The van der Waals surface area contributed by atoms with Gasteiger partial charge in [0.2, 0.25) is 0 Å². The van der Waals surface area contributed by atoms with E-state index < -0.39 is 0 Å². The predicted octanol–water partition coefficient (Wildman–Crippen LogP) is 3.20. The van der Waals surface area contributed by atoms with E-state index in [9.17, 15) is 0 Å². The predicted molar refractivity (Wildman–Crippen MR) is 76.5 cm³/mol. The molecule has 0 aliphatic heterocycles. The highest BCUT2D eigenvalue weighted by Crippen LogP contribution is 2.40. The molecule has 0 amide bonds. The Kier molecular flexibility index (Phi) is 4.25. The van der Waals surface area contributed by atoms with Crippen molar-refractivity contribution in [3.8, 4) is 0 Å². The lowest BCUT2D eigenvalue weighted by atomic mass is 9.69. The largest absolute Gasteiger partial charge is 0.328 e. The molecule has 0 aromatic carbocycles. The molecule has 3 unspecified atom stereocenters. The third-order valence-corrected chi connectivity index (χ3v) is 5.78. The maximum absolute atomic E-state index is 5.99. The molecule has 104 valence electrons. The molecule has 3 atom stereocenters. The molecule has 3 aliphatic rings. The lowest BCUT2D eigenvalue weighted by Crippen LogP contribution is -2.46. The first-order valence-corrected chi connectivity index (χ1v) is 8.33. The van der Waals surface area contributed by atoms with Crippen molar-refractivity contribution in [2.75, 3.05) is 0 Å². The summed E-state index contributed by atoms with van der Waals surface area (Å²) >= 11 is 0. The fourth-order valence-corrected chi connectivity index (χ4v) is 4.64. The van der Waals surface area contributed by atoms with Crippen molar-refractivity contribution in [1.82, 2.24) is 5.32 Å². The lowest BCUT2D eigenvalue weighted by Gasteiger charge is -2.41. The molecule has 3 aliphatic carbocycles. The van der Waals surface area contributed by atoms with Crippen molar-refractivity contribution in [3.05, 3.63) is 0 Å².